The topological polar surface area (TPSA) is 52.6 Å². The van der Waals surface area contributed by atoms with Crippen LogP contribution in [0.3, 0.4) is 0 Å². The second-order valence-corrected chi connectivity index (χ2v) is 7.11. The van der Waals surface area contributed by atoms with Gasteiger partial charge < -0.3 is 9.47 Å². The third-order valence-corrected chi connectivity index (χ3v) is 3.44. The van der Waals surface area contributed by atoms with Gasteiger partial charge in [0.25, 0.3) is 0 Å². The van der Waals surface area contributed by atoms with E-state index >= 15 is 0 Å². The normalized spacial score (nSPS) is 11.2. The van der Waals surface area contributed by atoms with Crippen LogP contribution in [-0.4, -0.2) is 25.2 Å². The maximum absolute atomic E-state index is 12.4. The van der Waals surface area contributed by atoms with Gasteiger partial charge in [-0.25, -0.2) is 9.59 Å². The third-order valence-electron chi connectivity index (χ3n) is 3.44. The van der Waals surface area contributed by atoms with Gasteiger partial charge in [-0.2, -0.15) is 0 Å². The van der Waals surface area contributed by atoms with Crippen molar-refractivity contribution in [3.63, 3.8) is 0 Å². The largest absolute Gasteiger partial charge is 0.462 e. The Morgan fingerprint density at radius 3 is 1.87 bits per heavy atom. The molecule has 0 atom stereocenters. The Labute approximate surface area is 139 Å². The van der Waals surface area contributed by atoms with Crippen LogP contribution in [0.15, 0.2) is 12.1 Å². The second kappa shape index (κ2) is 8.14. The van der Waals surface area contributed by atoms with E-state index in [0.29, 0.717) is 13.2 Å². The molecule has 0 aliphatic carbocycles. The van der Waals surface area contributed by atoms with Gasteiger partial charge in [0.05, 0.1) is 24.3 Å². The number of carbonyl (C=O) groups is 2. The number of esters is 2. The highest BCUT2D eigenvalue weighted by molar-refractivity contribution is 6.03. The maximum Gasteiger partial charge on any atom is 0.339 e. The molecule has 1 rings (SSSR count). The molecule has 0 amide bonds. The highest BCUT2D eigenvalue weighted by Gasteiger charge is 2.22. The molecule has 0 aromatic heterocycles. The zero-order valence-electron chi connectivity index (χ0n) is 15.1. The highest BCUT2D eigenvalue weighted by Crippen LogP contribution is 2.20. The van der Waals surface area contributed by atoms with E-state index in [4.69, 9.17) is 9.47 Å². The van der Waals surface area contributed by atoms with Crippen molar-refractivity contribution in [1.29, 1.82) is 0 Å². The van der Waals surface area contributed by atoms with Crippen LogP contribution in [0, 0.1) is 19.3 Å². The number of benzene rings is 1. The van der Waals surface area contributed by atoms with E-state index in [9.17, 15) is 9.59 Å². The fourth-order valence-corrected chi connectivity index (χ4v) is 1.90. The molecule has 1 aromatic carbocycles. The van der Waals surface area contributed by atoms with Crippen molar-refractivity contribution in [3.05, 3.63) is 34.4 Å². The molecule has 0 radical (unpaired) electrons. The number of rotatable bonds is 6. The number of unbranched alkanes of at least 4 members (excludes halogenated alkanes) is 1. The van der Waals surface area contributed by atoms with Crippen molar-refractivity contribution in [3.8, 4) is 0 Å². The molecule has 128 valence electrons. The molecule has 0 spiro atoms. The summed E-state index contributed by atoms with van der Waals surface area (Å²) >= 11 is 0. The Bertz CT molecular complexity index is 567. The molecular weight excluding hydrogens is 292 g/mol. The number of carbonyl (C=O) groups excluding carboxylic acids is 2. The zero-order chi connectivity index (χ0) is 17.6. The molecule has 0 saturated carbocycles. The predicted molar refractivity (Wildman–Crippen MR) is 90.8 cm³/mol. The average molecular weight is 320 g/mol. The molecule has 0 saturated heterocycles. The van der Waals surface area contributed by atoms with Gasteiger partial charge in [0.2, 0.25) is 0 Å². The van der Waals surface area contributed by atoms with Gasteiger partial charge in [0.15, 0.2) is 0 Å². The summed E-state index contributed by atoms with van der Waals surface area (Å²) in [5.41, 5.74) is 2.32. The lowest BCUT2D eigenvalue weighted by Gasteiger charge is -2.19. The first-order valence-electron chi connectivity index (χ1n) is 8.11. The van der Waals surface area contributed by atoms with E-state index in [0.717, 1.165) is 24.0 Å². The van der Waals surface area contributed by atoms with Crippen molar-refractivity contribution >= 4 is 11.9 Å². The van der Waals surface area contributed by atoms with Gasteiger partial charge in [-0.1, -0.05) is 34.1 Å². The number of ether oxygens (including phenoxy) is 2. The summed E-state index contributed by atoms with van der Waals surface area (Å²) in [6, 6.07) is 3.41. The van der Waals surface area contributed by atoms with Gasteiger partial charge >= 0.3 is 11.9 Å². The molecule has 1 aromatic rings. The van der Waals surface area contributed by atoms with Gasteiger partial charge in [0.1, 0.15) is 0 Å². The molecule has 4 heteroatoms. The first-order chi connectivity index (χ1) is 10.7. The SMILES string of the molecule is CCCCOC(=O)c1cc(C)c(C)cc1C(=O)OCC(C)(C)C. The molecule has 0 bridgehead atoms. The first-order valence-corrected chi connectivity index (χ1v) is 8.11. The van der Waals surface area contributed by atoms with Gasteiger partial charge in [-0.05, 0) is 48.9 Å². The van der Waals surface area contributed by atoms with Crippen LogP contribution in [0.25, 0.3) is 0 Å². The quantitative estimate of drug-likeness (QED) is 0.573. The fourth-order valence-electron chi connectivity index (χ4n) is 1.90. The Morgan fingerprint density at radius 2 is 1.43 bits per heavy atom. The number of hydrogen-bond acceptors (Lipinski definition) is 4. The van der Waals surface area contributed by atoms with Crippen molar-refractivity contribution in [2.45, 2.75) is 54.4 Å². The third kappa shape index (κ3) is 6.05. The lowest BCUT2D eigenvalue weighted by molar-refractivity contribution is 0.0352. The van der Waals surface area contributed by atoms with Crippen LogP contribution >= 0.6 is 0 Å². The number of hydrogen-bond donors (Lipinski definition) is 0. The van der Waals surface area contributed by atoms with Crippen LogP contribution in [0.1, 0.15) is 72.4 Å². The Kier molecular flexibility index (Phi) is 6.79. The fraction of sp³-hybridized carbons (Fsp3) is 0.579. The molecule has 0 unspecified atom stereocenters. The zero-order valence-corrected chi connectivity index (χ0v) is 15.1. The van der Waals surface area contributed by atoms with Crippen LogP contribution in [0.4, 0.5) is 0 Å². The Morgan fingerprint density at radius 1 is 0.957 bits per heavy atom. The van der Waals surface area contributed by atoms with Crippen molar-refractivity contribution in [1.82, 2.24) is 0 Å². The van der Waals surface area contributed by atoms with Crippen molar-refractivity contribution in [2.24, 2.45) is 5.41 Å². The van der Waals surface area contributed by atoms with Crippen LogP contribution < -0.4 is 0 Å². The van der Waals surface area contributed by atoms with E-state index in [2.05, 4.69) is 0 Å². The Balaban J connectivity index is 3.02. The van der Waals surface area contributed by atoms with Crippen LogP contribution in [0.5, 0.6) is 0 Å². The summed E-state index contributed by atoms with van der Waals surface area (Å²) in [7, 11) is 0. The molecule has 23 heavy (non-hydrogen) atoms. The van der Waals surface area contributed by atoms with Crippen molar-refractivity contribution < 1.29 is 19.1 Å². The molecular formula is C19H28O4. The summed E-state index contributed by atoms with van der Waals surface area (Å²) in [6.07, 6.45) is 1.75. The Hall–Kier alpha value is -1.84. The van der Waals surface area contributed by atoms with Crippen molar-refractivity contribution in [2.75, 3.05) is 13.2 Å². The summed E-state index contributed by atoms with van der Waals surface area (Å²) in [6.45, 7) is 12.5. The van der Waals surface area contributed by atoms with Gasteiger partial charge in [0, 0.05) is 0 Å². The first kappa shape index (κ1) is 19.2. The number of aryl methyl sites for hydroxylation is 2. The molecule has 0 aliphatic heterocycles. The monoisotopic (exact) mass is 320 g/mol. The lowest BCUT2D eigenvalue weighted by Crippen LogP contribution is -2.21. The smallest absolute Gasteiger partial charge is 0.339 e. The van der Waals surface area contributed by atoms with Gasteiger partial charge in [-0.3, -0.25) is 0 Å². The maximum atomic E-state index is 12.4. The minimum atomic E-state index is -0.481. The van der Waals surface area contributed by atoms with E-state index < -0.39 is 11.9 Å². The minimum Gasteiger partial charge on any atom is -0.462 e. The summed E-state index contributed by atoms with van der Waals surface area (Å²) in [5, 5.41) is 0. The predicted octanol–water partition coefficient (Wildman–Crippen LogP) is 4.46. The lowest BCUT2D eigenvalue weighted by atomic mass is 9.98. The highest BCUT2D eigenvalue weighted by atomic mass is 16.5. The molecule has 0 aliphatic rings. The van der Waals surface area contributed by atoms with Gasteiger partial charge in [-0.15, -0.1) is 0 Å². The van der Waals surface area contributed by atoms with E-state index in [1.165, 1.54) is 0 Å². The molecule has 0 N–H and O–H groups in total. The summed E-state index contributed by atoms with van der Waals surface area (Å²) in [5.74, 6) is -0.949. The second-order valence-electron chi connectivity index (χ2n) is 7.11. The molecule has 0 fully saturated rings. The molecule has 4 nitrogen and oxygen atoms in total. The minimum absolute atomic E-state index is 0.128. The standard InChI is InChI=1S/C19H28O4/c1-7-8-9-22-17(20)15-10-13(2)14(3)11-16(15)18(21)23-12-19(4,5)6/h10-11H,7-9,12H2,1-6H3. The molecule has 0 heterocycles. The van der Waals surface area contributed by atoms with E-state index in [1.54, 1.807) is 12.1 Å². The van der Waals surface area contributed by atoms with Crippen LogP contribution in [0.2, 0.25) is 0 Å². The van der Waals surface area contributed by atoms with Crippen LogP contribution in [-0.2, 0) is 9.47 Å². The van der Waals surface area contributed by atoms with E-state index in [-0.39, 0.29) is 16.5 Å². The summed E-state index contributed by atoms with van der Waals surface area (Å²) < 4.78 is 10.6. The summed E-state index contributed by atoms with van der Waals surface area (Å²) in [4.78, 5) is 24.7. The van der Waals surface area contributed by atoms with E-state index in [1.807, 2.05) is 41.5 Å². The average Bonchev–Trinajstić information content (AvgIpc) is 2.46.